The second-order valence-corrected chi connectivity index (χ2v) is 8.27. The maximum Gasteiger partial charge on any atom is 0.268 e. The fourth-order valence-corrected chi connectivity index (χ4v) is 5.09. The quantitative estimate of drug-likeness (QED) is 0.897. The maximum absolute atomic E-state index is 13.1. The third-order valence-electron chi connectivity index (χ3n) is 5.05. The van der Waals surface area contributed by atoms with E-state index in [0.29, 0.717) is 12.1 Å². The monoisotopic (exact) mass is 370 g/mol. The van der Waals surface area contributed by atoms with Crippen molar-refractivity contribution in [3.05, 3.63) is 65.1 Å². The largest absolute Gasteiger partial charge is 0.381 e. The van der Waals surface area contributed by atoms with E-state index in [1.807, 2.05) is 6.92 Å². The maximum atomic E-state index is 13.1. The van der Waals surface area contributed by atoms with Crippen LogP contribution in [0.5, 0.6) is 0 Å². The van der Waals surface area contributed by atoms with Gasteiger partial charge in [-0.2, -0.15) is 0 Å². The molecule has 0 saturated heterocycles. The van der Waals surface area contributed by atoms with Gasteiger partial charge in [-0.25, -0.2) is 12.4 Å². The van der Waals surface area contributed by atoms with E-state index in [0.717, 1.165) is 16.8 Å². The number of hydrogen-bond acceptors (Lipinski definition) is 5. The Hall–Kier alpha value is -2.67. The zero-order valence-electron chi connectivity index (χ0n) is 14.2. The molecular weight excluding hydrogens is 352 g/mol. The predicted molar refractivity (Wildman–Crippen MR) is 95.5 cm³/mol. The fourth-order valence-electron chi connectivity index (χ4n) is 3.71. The average molecular weight is 370 g/mol. The van der Waals surface area contributed by atoms with E-state index in [1.54, 1.807) is 18.2 Å². The lowest BCUT2D eigenvalue weighted by Gasteiger charge is -2.30. The van der Waals surface area contributed by atoms with Crippen LogP contribution < -0.4 is 5.32 Å². The Morgan fingerprint density at radius 2 is 1.85 bits per heavy atom. The highest BCUT2D eigenvalue weighted by Gasteiger charge is 2.41. The van der Waals surface area contributed by atoms with Crippen LogP contribution in [0, 0.1) is 5.92 Å². The number of nitrogens with zero attached hydrogens (tertiary/aromatic N) is 1. The first-order chi connectivity index (χ1) is 12.5. The minimum Gasteiger partial charge on any atom is -0.381 e. The number of rotatable bonds is 3. The number of benzene rings is 1. The van der Waals surface area contributed by atoms with Crippen molar-refractivity contribution in [2.24, 2.45) is 5.92 Å². The number of allylic oxidation sites excluding steroid dienone is 2. The lowest BCUT2D eigenvalue weighted by Crippen LogP contribution is -2.39. The molecule has 1 unspecified atom stereocenters. The van der Waals surface area contributed by atoms with Crippen LogP contribution in [0.25, 0.3) is 0 Å². The van der Waals surface area contributed by atoms with Crippen molar-refractivity contribution in [3.63, 3.8) is 0 Å². The summed E-state index contributed by atoms with van der Waals surface area (Å²) in [6.07, 6.45) is 2.84. The number of Topliss-reactive ketones (excluding diaryl/α,β-unsaturated/α-hetero) is 2. The number of carbonyl (C=O) groups excluding carboxylic acids is 2. The number of carbonyl (C=O) groups is 2. The highest BCUT2D eigenvalue weighted by atomic mass is 32.2. The lowest BCUT2D eigenvalue weighted by atomic mass is 9.79. The van der Waals surface area contributed by atoms with Crippen molar-refractivity contribution < 1.29 is 18.0 Å². The average Bonchev–Trinajstić information content (AvgIpc) is 3.12. The third-order valence-corrected chi connectivity index (χ3v) is 6.74. The number of ketones is 2. The summed E-state index contributed by atoms with van der Waals surface area (Å²) in [6, 6.07) is 9.31. The van der Waals surface area contributed by atoms with E-state index < -0.39 is 15.8 Å². The number of fused-ring (bicyclic) bond motifs is 1. The zero-order valence-corrected chi connectivity index (χ0v) is 15.0. The molecule has 1 atom stereocenters. The van der Waals surface area contributed by atoms with Gasteiger partial charge < -0.3 is 5.32 Å². The molecule has 2 aromatic rings. The van der Waals surface area contributed by atoms with Gasteiger partial charge in [-0.3, -0.25) is 9.59 Å². The molecule has 1 aromatic heterocycles. The third kappa shape index (κ3) is 2.27. The van der Waals surface area contributed by atoms with E-state index in [-0.39, 0.29) is 33.6 Å². The molecule has 134 valence electrons. The van der Waals surface area contributed by atoms with Crippen LogP contribution in [0.2, 0.25) is 0 Å². The summed E-state index contributed by atoms with van der Waals surface area (Å²) in [5.74, 6) is -0.669. The molecule has 4 rings (SSSR count). The summed E-state index contributed by atoms with van der Waals surface area (Å²) in [5, 5.41) is 3.02. The van der Waals surface area contributed by atoms with Gasteiger partial charge in [-0.15, -0.1) is 0 Å². The van der Waals surface area contributed by atoms with Crippen molar-refractivity contribution >= 4 is 21.6 Å². The molecule has 1 N–H and O–H groups in total. The first-order valence-electron chi connectivity index (χ1n) is 8.56. The number of aromatic nitrogens is 1. The van der Waals surface area contributed by atoms with Gasteiger partial charge in [-0.1, -0.05) is 25.1 Å². The Labute approximate surface area is 151 Å². The van der Waals surface area contributed by atoms with Gasteiger partial charge >= 0.3 is 0 Å². The fraction of sp³-hybridized carbons (Fsp3) is 0.263. The SMILES string of the molecule is CCC1CCNC2=C1C(=O)c1ccn(S(=O)(=O)c3ccccc3)c1C2=O. The van der Waals surface area contributed by atoms with Gasteiger partial charge in [0.05, 0.1) is 16.2 Å². The molecule has 0 radical (unpaired) electrons. The standard InChI is InChI=1S/C19H18N2O4S/c1-2-12-8-10-20-16-15(12)18(22)14-9-11-21(17(14)19(16)23)26(24,25)13-6-4-3-5-7-13/h3-7,9,11-12,20H,2,8,10H2,1H3. The van der Waals surface area contributed by atoms with Gasteiger partial charge in [0.2, 0.25) is 5.78 Å². The van der Waals surface area contributed by atoms with Crippen molar-refractivity contribution in [1.82, 2.24) is 9.29 Å². The van der Waals surface area contributed by atoms with Gasteiger partial charge in [0.25, 0.3) is 10.0 Å². The second-order valence-electron chi connectivity index (χ2n) is 6.46. The van der Waals surface area contributed by atoms with E-state index in [9.17, 15) is 18.0 Å². The Balaban J connectivity index is 1.90. The molecule has 1 aliphatic carbocycles. The van der Waals surface area contributed by atoms with E-state index in [4.69, 9.17) is 0 Å². The molecular formula is C19H18N2O4S. The molecule has 1 aliphatic heterocycles. The predicted octanol–water partition coefficient (Wildman–Crippen LogP) is 2.38. The Kier molecular flexibility index (Phi) is 3.84. The highest BCUT2D eigenvalue weighted by Crippen LogP contribution is 2.36. The molecule has 0 amide bonds. The van der Waals surface area contributed by atoms with Crippen LogP contribution in [-0.2, 0) is 10.0 Å². The first kappa shape index (κ1) is 16.8. The number of nitrogens with one attached hydrogen (secondary N) is 1. The van der Waals surface area contributed by atoms with Crippen molar-refractivity contribution in [2.75, 3.05) is 6.54 Å². The van der Waals surface area contributed by atoms with Crippen molar-refractivity contribution in [3.8, 4) is 0 Å². The minimum atomic E-state index is -3.96. The topological polar surface area (TPSA) is 85.2 Å². The van der Waals surface area contributed by atoms with E-state index >= 15 is 0 Å². The molecule has 26 heavy (non-hydrogen) atoms. The first-order valence-corrected chi connectivity index (χ1v) is 10.00. The summed E-state index contributed by atoms with van der Waals surface area (Å²) in [4.78, 5) is 26.1. The van der Waals surface area contributed by atoms with Crippen LogP contribution in [0.4, 0.5) is 0 Å². The van der Waals surface area contributed by atoms with Crippen molar-refractivity contribution in [2.45, 2.75) is 24.7 Å². The van der Waals surface area contributed by atoms with Crippen LogP contribution in [0.1, 0.15) is 40.6 Å². The van der Waals surface area contributed by atoms with Crippen LogP contribution in [0.3, 0.4) is 0 Å². The van der Waals surface area contributed by atoms with Gasteiger partial charge in [0, 0.05) is 18.3 Å². The van der Waals surface area contributed by atoms with Crippen molar-refractivity contribution in [1.29, 1.82) is 0 Å². The smallest absolute Gasteiger partial charge is 0.268 e. The normalized spacial score (nSPS) is 19.8. The van der Waals surface area contributed by atoms with E-state index in [1.165, 1.54) is 24.4 Å². The summed E-state index contributed by atoms with van der Waals surface area (Å²) in [5.41, 5.74) is 0.826. The van der Waals surface area contributed by atoms with Crippen LogP contribution in [-0.4, -0.2) is 30.5 Å². The number of hydrogen-bond donors (Lipinski definition) is 1. The molecule has 0 spiro atoms. The van der Waals surface area contributed by atoms with Gasteiger partial charge in [0.15, 0.2) is 5.78 Å². The summed E-state index contributed by atoms with van der Waals surface area (Å²) >= 11 is 0. The molecule has 0 saturated carbocycles. The molecule has 7 heteroatoms. The van der Waals surface area contributed by atoms with Gasteiger partial charge in [-0.05, 0) is 37.0 Å². The Morgan fingerprint density at radius 3 is 2.54 bits per heavy atom. The molecule has 0 fully saturated rings. The summed E-state index contributed by atoms with van der Waals surface area (Å²) in [7, 11) is -3.96. The molecule has 1 aromatic carbocycles. The van der Waals surface area contributed by atoms with Crippen LogP contribution >= 0.6 is 0 Å². The summed E-state index contributed by atoms with van der Waals surface area (Å²) < 4.78 is 26.9. The lowest BCUT2D eigenvalue weighted by molar-refractivity contribution is 0.0948. The van der Waals surface area contributed by atoms with E-state index in [2.05, 4.69) is 5.32 Å². The minimum absolute atomic E-state index is 0.0185. The zero-order chi connectivity index (χ0) is 18.5. The molecule has 2 aliphatic rings. The highest BCUT2D eigenvalue weighted by molar-refractivity contribution is 7.90. The molecule has 2 heterocycles. The Bertz CT molecular complexity index is 1050. The summed E-state index contributed by atoms with van der Waals surface area (Å²) in [6.45, 7) is 2.58. The molecule has 0 bridgehead atoms. The van der Waals surface area contributed by atoms with Gasteiger partial charge in [0.1, 0.15) is 5.69 Å². The Morgan fingerprint density at radius 1 is 1.12 bits per heavy atom. The second kappa shape index (κ2) is 5.95. The van der Waals surface area contributed by atoms with Crippen LogP contribution in [0.15, 0.2) is 58.8 Å². The molecule has 6 nitrogen and oxygen atoms in total.